The molecule has 1 aliphatic rings. The van der Waals surface area contributed by atoms with Gasteiger partial charge in [-0.15, -0.1) is 0 Å². The number of nitrogens with one attached hydrogen (secondary N) is 1. The molecule has 2 heteroatoms. The lowest BCUT2D eigenvalue weighted by Gasteiger charge is -2.05. The molecule has 1 N–H and O–H groups in total. The maximum atomic E-state index is 11.6. The van der Waals surface area contributed by atoms with Gasteiger partial charge in [0.25, 0.3) is 5.91 Å². The minimum Gasteiger partial charge on any atom is -0.355 e. The summed E-state index contributed by atoms with van der Waals surface area (Å²) < 4.78 is 0. The van der Waals surface area contributed by atoms with Crippen LogP contribution in [0.25, 0.3) is 10.8 Å². The van der Waals surface area contributed by atoms with Gasteiger partial charge >= 0.3 is 0 Å². The van der Waals surface area contributed by atoms with Crippen LogP contribution in [0, 0.1) is 0 Å². The molecule has 2 nitrogen and oxygen atoms in total. The smallest absolute Gasteiger partial charge is 0.251 e. The van der Waals surface area contributed by atoms with Gasteiger partial charge < -0.3 is 5.32 Å². The molecule has 0 radical (unpaired) electrons. The van der Waals surface area contributed by atoms with E-state index in [-0.39, 0.29) is 5.91 Å². The molecule has 1 aliphatic carbocycles. The SMILES string of the molecule is CNC(=O)c1cc2c3c(cccc3c1)CC2. The van der Waals surface area contributed by atoms with E-state index in [0.29, 0.717) is 0 Å². The first-order chi connectivity index (χ1) is 7.79. The zero-order valence-electron chi connectivity index (χ0n) is 9.21. The molecular formula is C14H13NO. The second-order valence-electron chi connectivity index (χ2n) is 4.23. The van der Waals surface area contributed by atoms with Gasteiger partial charge in [0.15, 0.2) is 0 Å². The average molecular weight is 211 g/mol. The molecule has 0 heterocycles. The van der Waals surface area contributed by atoms with Gasteiger partial charge in [-0.2, -0.15) is 0 Å². The highest BCUT2D eigenvalue weighted by Gasteiger charge is 2.16. The number of hydrogen-bond donors (Lipinski definition) is 1. The van der Waals surface area contributed by atoms with Crippen molar-refractivity contribution in [3.63, 3.8) is 0 Å². The van der Waals surface area contributed by atoms with Crippen molar-refractivity contribution in [2.75, 3.05) is 7.05 Å². The van der Waals surface area contributed by atoms with E-state index in [0.717, 1.165) is 18.4 Å². The maximum absolute atomic E-state index is 11.6. The van der Waals surface area contributed by atoms with Crippen LogP contribution < -0.4 is 5.32 Å². The second-order valence-corrected chi connectivity index (χ2v) is 4.23. The van der Waals surface area contributed by atoms with Gasteiger partial charge in [0.05, 0.1) is 0 Å². The van der Waals surface area contributed by atoms with Crippen LogP contribution in [-0.4, -0.2) is 13.0 Å². The van der Waals surface area contributed by atoms with Gasteiger partial charge in [0.2, 0.25) is 0 Å². The average Bonchev–Trinajstić information content (AvgIpc) is 2.73. The number of amides is 1. The summed E-state index contributed by atoms with van der Waals surface area (Å²) in [4.78, 5) is 11.6. The number of benzene rings is 2. The summed E-state index contributed by atoms with van der Waals surface area (Å²) >= 11 is 0. The fourth-order valence-corrected chi connectivity index (χ4v) is 2.55. The van der Waals surface area contributed by atoms with Crippen molar-refractivity contribution in [2.45, 2.75) is 12.8 Å². The highest BCUT2D eigenvalue weighted by molar-refractivity contribution is 6.01. The van der Waals surface area contributed by atoms with Crippen LogP contribution in [0.5, 0.6) is 0 Å². The Labute approximate surface area is 94.3 Å². The highest BCUT2D eigenvalue weighted by Crippen LogP contribution is 2.31. The van der Waals surface area contributed by atoms with Crippen LogP contribution >= 0.6 is 0 Å². The van der Waals surface area contributed by atoms with Crippen LogP contribution in [0.4, 0.5) is 0 Å². The Bertz CT molecular complexity index is 587. The van der Waals surface area contributed by atoms with Crippen LogP contribution in [0.2, 0.25) is 0 Å². The number of rotatable bonds is 1. The molecular weight excluding hydrogens is 198 g/mol. The van der Waals surface area contributed by atoms with Crippen LogP contribution in [0.3, 0.4) is 0 Å². The first-order valence-electron chi connectivity index (χ1n) is 5.56. The van der Waals surface area contributed by atoms with E-state index < -0.39 is 0 Å². The van der Waals surface area contributed by atoms with E-state index in [1.54, 1.807) is 7.05 Å². The number of carbonyl (C=O) groups excluding carboxylic acids is 1. The van der Waals surface area contributed by atoms with Crippen LogP contribution in [-0.2, 0) is 12.8 Å². The molecule has 0 aliphatic heterocycles. The van der Waals surface area contributed by atoms with E-state index >= 15 is 0 Å². The summed E-state index contributed by atoms with van der Waals surface area (Å²) in [5, 5.41) is 5.22. The van der Waals surface area contributed by atoms with Crippen molar-refractivity contribution in [3.8, 4) is 0 Å². The first kappa shape index (κ1) is 9.40. The van der Waals surface area contributed by atoms with Crippen molar-refractivity contribution < 1.29 is 4.79 Å². The normalized spacial score (nSPS) is 13.1. The molecule has 2 aromatic rings. The summed E-state index contributed by atoms with van der Waals surface area (Å²) in [6.07, 6.45) is 2.16. The van der Waals surface area contributed by atoms with E-state index in [1.807, 2.05) is 12.1 Å². The highest BCUT2D eigenvalue weighted by atomic mass is 16.1. The molecule has 0 aromatic heterocycles. The van der Waals surface area contributed by atoms with Gasteiger partial charge in [0, 0.05) is 12.6 Å². The third-order valence-electron chi connectivity index (χ3n) is 3.30. The lowest BCUT2D eigenvalue weighted by atomic mass is 10.0. The van der Waals surface area contributed by atoms with E-state index in [1.165, 1.54) is 21.9 Å². The molecule has 16 heavy (non-hydrogen) atoms. The number of hydrogen-bond acceptors (Lipinski definition) is 1. The molecule has 3 rings (SSSR count). The van der Waals surface area contributed by atoms with E-state index in [9.17, 15) is 4.79 Å². The van der Waals surface area contributed by atoms with Crippen molar-refractivity contribution in [1.82, 2.24) is 5.32 Å². The third kappa shape index (κ3) is 1.23. The third-order valence-corrected chi connectivity index (χ3v) is 3.30. The van der Waals surface area contributed by atoms with Gasteiger partial charge in [-0.1, -0.05) is 18.2 Å². The topological polar surface area (TPSA) is 29.1 Å². The Balaban J connectivity index is 2.30. The predicted octanol–water partition coefficient (Wildman–Crippen LogP) is 2.30. The molecule has 0 bridgehead atoms. The molecule has 0 unspecified atom stereocenters. The Morgan fingerprint density at radius 1 is 1.19 bits per heavy atom. The quantitative estimate of drug-likeness (QED) is 0.770. The summed E-state index contributed by atoms with van der Waals surface area (Å²) in [6.45, 7) is 0. The fraction of sp³-hybridized carbons (Fsp3) is 0.214. The minimum absolute atomic E-state index is 0.00421. The van der Waals surface area contributed by atoms with Gasteiger partial charge in [-0.3, -0.25) is 4.79 Å². The molecule has 0 spiro atoms. The van der Waals surface area contributed by atoms with E-state index in [2.05, 4.69) is 23.5 Å². The van der Waals surface area contributed by atoms with Crippen molar-refractivity contribution >= 4 is 16.7 Å². The molecule has 0 atom stereocenters. The molecule has 0 fully saturated rings. The summed E-state index contributed by atoms with van der Waals surface area (Å²) in [7, 11) is 1.67. The Morgan fingerprint density at radius 2 is 2.00 bits per heavy atom. The van der Waals surface area contributed by atoms with Crippen molar-refractivity contribution in [1.29, 1.82) is 0 Å². The molecule has 0 saturated heterocycles. The standard InChI is InChI=1S/C14H13NO/c1-15-14(16)12-7-10-4-2-3-9-5-6-11(8-12)13(9)10/h2-4,7-8H,5-6H2,1H3,(H,15,16). The summed E-state index contributed by atoms with van der Waals surface area (Å²) in [6, 6.07) is 10.3. The molecule has 0 saturated carbocycles. The van der Waals surface area contributed by atoms with Gasteiger partial charge in [0.1, 0.15) is 0 Å². The molecule has 1 amide bonds. The van der Waals surface area contributed by atoms with Crippen molar-refractivity contribution in [2.24, 2.45) is 0 Å². The Kier molecular flexibility index (Phi) is 1.96. The zero-order valence-corrected chi connectivity index (χ0v) is 9.21. The van der Waals surface area contributed by atoms with Gasteiger partial charge in [-0.05, 0) is 46.9 Å². The molecule has 80 valence electrons. The van der Waals surface area contributed by atoms with Crippen LogP contribution in [0.1, 0.15) is 21.5 Å². The number of aryl methyl sites for hydroxylation is 2. The minimum atomic E-state index is -0.00421. The second kappa shape index (κ2) is 3.34. The predicted molar refractivity (Wildman–Crippen MR) is 64.7 cm³/mol. The summed E-state index contributed by atoms with van der Waals surface area (Å²) in [5.74, 6) is -0.00421. The fourth-order valence-electron chi connectivity index (χ4n) is 2.55. The zero-order chi connectivity index (χ0) is 11.1. The lowest BCUT2D eigenvalue weighted by Crippen LogP contribution is -2.17. The summed E-state index contributed by atoms with van der Waals surface area (Å²) in [5.41, 5.74) is 3.49. The largest absolute Gasteiger partial charge is 0.355 e. The molecule has 2 aromatic carbocycles. The van der Waals surface area contributed by atoms with Crippen molar-refractivity contribution in [3.05, 3.63) is 47.0 Å². The van der Waals surface area contributed by atoms with Crippen LogP contribution in [0.15, 0.2) is 30.3 Å². The maximum Gasteiger partial charge on any atom is 0.251 e. The Hall–Kier alpha value is -1.83. The monoisotopic (exact) mass is 211 g/mol. The van der Waals surface area contributed by atoms with Gasteiger partial charge in [-0.25, -0.2) is 0 Å². The Morgan fingerprint density at radius 3 is 2.81 bits per heavy atom. The van der Waals surface area contributed by atoms with E-state index in [4.69, 9.17) is 0 Å². The lowest BCUT2D eigenvalue weighted by molar-refractivity contribution is 0.0963. The number of carbonyl (C=O) groups is 1. The first-order valence-corrected chi connectivity index (χ1v) is 5.56.